The van der Waals surface area contributed by atoms with Crippen LogP contribution >= 0.6 is 0 Å². The number of para-hydroxylation sites is 1. The highest BCUT2D eigenvalue weighted by atomic mass is 19.1. The number of rotatable bonds is 3. The van der Waals surface area contributed by atoms with Crippen molar-refractivity contribution in [1.29, 1.82) is 0 Å². The van der Waals surface area contributed by atoms with Crippen LogP contribution in [-0.4, -0.2) is 18.0 Å². The Bertz CT molecular complexity index is 641. The first-order valence-corrected chi connectivity index (χ1v) is 5.65. The summed E-state index contributed by atoms with van der Waals surface area (Å²) in [5.74, 6) is -0.625. The molecule has 0 aliphatic heterocycles. The summed E-state index contributed by atoms with van der Waals surface area (Å²) in [7, 11) is 1.45. The largest absolute Gasteiger partial charge is 0.495 e. The van der Waals surface area contributed by atoms with Gasteiger partial charge in [-0.1, -0.05) is 6.07 Å². The van der Waals surface area contributed by atoms with E-state index in [1.54, 1.807) is 25.1 Å². The van der Waals surface area contributed by atoms with Crippen LogP contribution in [0.15, 0.2) is 30.3 Å². The lowest BCUT2D eigenvalue weighted by Gasteiger charge is -2.11. The van der Waals surface area contributed by atoms with Gasteiger partial charge in [-0.25, -0.2) is 9.37 Å². The molecule has 1 amide bonds. The number of hydrogen-bond donors (Lipinski definition) is 1. The molecule has 0 fully saturated rings. The molecule has 0 saturated carbocycles. The molecular formula is C14H13FN2O2. The Kier molecular flexibility index (Phi) is 3.46. The van der Waals surface area contributed by atoms with Gasteiger partial charge in [-0.05, 0) is 31.2 Å². The Morgan fingerprint density at radius 2 is 2.05 bits per heavy atom. The maximum absolute atomic E-state index is 13.2. The lowest BCUT2D eigenvalue weighted by atomic mass is 10.0. The van der Waals surface area contributed by atoms with Gasteiger partial charge in [0.1, 0.15) is 11.6 Å². The molecule has 5 heteroatoms. The lowest BCUT2D eigenvalue weighted by molar-refractivity contribution is 0.0997. The number of halogens is 1. The van der Waals surface area contributed by atoms with E-state index in [0.29, 0.717) is 17.0 Å². The van der Waals surface area contributed by atoms with E-state index in [9.17, 15) is 9.18 Å². The summed E-state index contributed by atoms with van der Waals surface area (Å²) in [4.78, 5) is 15.5. The van der Waals surface area contributed by atoms with E-state index in [2.05, 4.69) is 4.98 Å². The van der Waals surface area contributed by atoms with Crippen molar-refractivity contribution < 1.29 is 13.9 Å². The molecule has 19 heavy (non-hydrogen) atoms. The average Bonchev–Trinajstić information content (AvgIpc) is 2.40. The number of carbonyl (C=O) groups excluding carboxylic acids is 1. The third kappa shape index (κ3) is 2.40. The Morgan fingerprint density at radius 3 is 2.63 bits per heavy atom. The Morgan fingerprint density at radius 1 is 1.32 bits per heavy atom. The van der Waals surface area contributed by atoms with E-state index in [4.69, 9.17) is 10.5 Å². The normalized spacial score (nSPS) is 10.3. The summed E-state index contributed by atoms with van der Waals surface area (Å²) >= 11 is 0. The summed E-state index contributed by atoms with van der Waals surface area (Å²) in [5.41, 5.74) is 6.97. The second kappa shape index (κ2) is 5.06. The van der Waals surface area contributed by atoms with Crippen LogP contribution < -0.4 is 10.5 Å². The summed E-state index contributed by atoms with van der Waals surface area (Å²) < 4.78 is 18.5. The van der Waals surface area contributed by atoms with Gasteiger partial charge < -0.3 is 10.5 Å². The van der Waals surface area contributed by atoms with Crippen molar-refractivity contribution >= 4 is 5.91 Å². The molecular weight excluding hydrogens is 247 g/mol. The van der Waals surface area contributed by atoms with Gasteiger partial charge in [0, 0.05) is 5.56 Å². The van der Waals surface area contributed by atoms with Crippen molar-refractivity contribution in [2.75, 3.05) is 7.11 Å². The maximum Gasteiger partial charge on any atom is 0.252 e. The smallest absolute Gasteiger partial charge is 0.252 e. The highest BCUT2D eigenvalue weighted by Gasteiger charge is 2.15. The Labute approximate surface area is 110 Å². The second-order valence-corrected chi connectivity index (χ2v) is 4.01. The van der Waals surface area contributed by atoms with Crippen molar-refractivity contribution in [3.8, 4) is 17.0 Å². The molecule has 1 heterocycles. The minimum absolute atomic E-state index is 0.267. The predicted octanol–water partition coefficient (Wildman–Crippen LogP) is 2.30. The molecule has 0 saturated heterocycles. The van der Waals surface area contributed by atoms with Gasteiger partial charge >= 0.3 is 0 Å². The minimum atomic E-state index is -0.586. The number of methoxy groups -OCH3 is 1. The van der Waals surface area contributed by atoms with Crippen molar-refractivity contribution in [2.45, 2.75) is 6.92 Å². The van der Waals surface area contributed by atoms with Crippen LogP contribution in [0.2, 0.25) is 0 Å². The number of benzene rings is 1. The zero-order chi connectivity index (χ0) is 14.0. The van der Waals surface area contributed by atoms with Gasteiger partial charge in [-0.15, -0.1) is 0 Å². The fourth-order valence-electron chi connectivity index (χ4n) is 1.85. The van der Waals surface area contributed by atoms with E-state index >= 15 is 0 Å². The van der Waals surface area contributed by atoms with Gasteiger partial charge in [0.2, 0.25) is 0 Å². The first-order valence-electron chi connectivity index (χ1n) is 5.65. The zero-order valence-electron chi connectivity index (χ0n) is 10.6. The van der Waals surface area contributed by atoms with Gasteiger partial charge in [0.15, 0.2) is 0 Å². The molecule has 1 aromatic heterocycles. The zero-order valence-corrected chi connectivity index (χ0v) is 10.6. The van der Waals surface area contributed by atoms with Gasteiger partial charge in [0.25, 0.3) is 5.91 Å². The van der Waals surface area contributed by atoms with Crippen LogP contribution in [0.5, 0.6) is 5.75 Å². The number of pyridine rings is 1. The summed E-state index contributed by atoms with van der Waals surface area (Å²) in [5, 5.41) is 0. The average molecular weight is 260 g/mol. The summed E-state index contributed by atoms with van der Waals surface area (Å²) in [6.07, 6.45) is 0. The van der Waals surface area contributed by atoms with E-state index in [-0.39, 0.29) is 17.1 Å². The standard InChI is InChI=1S/C14H13FN2O2/c1-8-11(15)6-7-12(17-8)9-4-3-5-10(14(16)18)13(9)19-2/h3-7H,1-2H3,(H2,16,18). The fourth-order valence-corrected chi connectivity index (χ4v) is 1.85. The highest BCUT2D eigenvalue weighted by Crippen LogP contribution is 2.32. The Hall–Kier alpha value is -2.43. The van der Waals surface area contributed by atoms with E-state index < -0.39 is 5.91 Å². The van der Waals surface area contributed by atoms with Crippen molar-refractivity contribution in [1.82, 2.24) is 4.98 Å². The van der Waals surface area contributed by atoms with Gasteiger partial charge in [0.05, 0.1) is 24.1 Å². The summed E-state index contributed by atoms with van der Waals surface area (Å²) in [6.45, 7) is 1.57. The lowest BCUT2D eigenvalue weighted by Crippen LogP contribution is -2.13. The first-order chi connectivity index (χ1) is 9.04. The van der Waals surface area contributed by atoms with Crippen molar-refractivity contribution in [3.63, 3.8) is 0 Å². The molecule has 0 atom stereocenters. The SMILES string of the molecule is COc1c(C(N)=O)cccc1-c1ccc(F)c(C)n1. The third-order valence-electron chi connectivity index (χ3n) is 2.78. The molecule has 0 spiro atoms. The number of amides is 1. The number of ether oxygens (including phenoxy) is 1. The number of nitrogens with zero attached hydrogens (tertiary/aromatic N) is 1. The van der Waals surface area contributed by atoms with E-state index in [1.165, 1.54) is 19.2 Å². The number of aryl methyl sites for hydroxylation is 1. The van der Waals surface area contributed by atoms with Gasteiger partial charge in [-0.3, -0.25) is 4.79 Å². The summed E-state index contributed by atoms with van der Waals surface area (Å²) in [6, 6.07) is 7.85. The molecule has 2 rings (SSSR count). The highest BCUT2D eigenvalue weighted by molar-refractivity contribution is 5.98. The predicted molar refractivity (Wildman–Crippen MR) is 69.4 cm³/mol. The Balaban J connectivity index is 2.64. The number of hydrogen-bond acceptors (Lipinski definition) is 3. The molecule has 0 bridgehead atoms. The molecule has 0 aliphatic rings. The van der Waals surface area contributed by atoms with E-state index in [0.717, 1.165) is 0 Å². The molecule has 1 aromatic carbocycles. The molecule has 2 N–H and O–H groups in total. The van der Waals surface area contributed by atoms with Crippen LogP contribution in [0.4, 0.5) is 4.39 Å². The van der Waals surface area contributed by atoms with Crippen LogP contribution in [0.1, 0.15) is 16.1 Å². The fraction of sp³-hybridized carbons (Fsp3) is 0.143. The minimum Gasteiger partial charge on any atom is -0.495 e. The van der Waals surface area contributed by atoms with Crippen molar-refractivity contribution in [3.05, 3.63) is 47.4 Å². The van der Waals surface area contributed by atoms with Crippen LogP contribution in [0.25, 0.3) is 11.3 Å². The molecule has 98 valence electrons. The maximum atomic E-state index is 13.2. The quantitative estimate of drug-likeness (QED) is 0.920. The number of aromatic nitrogens is 1. The third-order valence-corrected chi connectivity index (χ3v) is 2.78. The molecule has 0 aliphatic carbocycles. The number of nitrogens with two attached hydrogens (primary N) is 1. The molecule has 4 nitrogen and oxygen atoms in total. The van der Waals surface area contributed by atoms with Gasteiger partial charge in [-0.2, -0.15) is 0 Å². The number of carbonyl (C=O) groups is 1. The van der Waals surface area contributed by atoms with Crippen LogP contribution in [-0.2, 0) is 0 Å². The number of primary amides is 1. The first kappa shape index (κ1) is 13.0. The van der Waals surface area contributed by atoms with Crippen molar-refractivity contribution in [2.24, 2.45) is 5.73 Å². The molecule has 0 radical (unpaired) electrons. The molecule has 2 aromatic rings. The van der Waals surface area contributed by atoms with Crippen LogP contribution in [0, 0.1) is 12.7 Å². The second-order valence-electron chi connectivity index (χ2n) is 4.01. The van der Waals surface area contributed by atoms with Crippen LogP contribution in [0.3, 0.4) is 0 Å². The molecule has 0 unspecified atom stereocenters. The monoisotopic (exact) mass is 260 g/mol. The van der Waals surface area contributed by atoms with E-state index in [1.807, 2.05) is 0 Å². The topological polar surface area (TPSA) is 65.2 Å².